The SMILES string of the molecule is CN=C(NCCC(C)c1ccc(OC)cc1)NCc1ccc(N2CCOC(C)C2)nc1. The minimum Gasteiger partial charge on any atom is -0.497 e. The Bertz CT molecular complexity index is 823. The van der Waals surface area contributed by atoms with Gasteiger partial charge in [0.1, 0.15) is 11.6 Å². The maximum absolute atomic E-state index is 5.61. The summed E-state index contributed by atoms with van der Waals surface area (Å²) in [5, 5.41) is 6.77. The van der Waals surface area contributed by atoms with Crippen LogP contribution in [0.15, 0.2) is 47.6 Å². The number of methoxy groups -OCH3 is 1. The van der Waals surface area contributed by atoms with Crippen molar-refractivity contribution >= 4 is 11.8 Å². The van der Waals surface area contributed by atoms with Crippen molar-refractivity contribution in [1.82, 2.24) is 15.6 Å². The number of aromatic nitrogens is 1. The first-order chi connectivity index (χ1) is 15.1. The third kappa shape index (κ3) is 6.85. The highest BCUT2D eigenvalue weighted by molar-refractivity contribution is 5.79. The Morgan fingerprint density at radius 3 is 2.71 bits per heavy atom. The molecule has 1 aliphatic heterocycles. The van der Waals surface area contributed by atoms with Gasteiger partial charge in [-0.15, -0.1) is 0 Å². The van der Waals surface area contributed by atoms with Gasteiger partial charge in [0.25, 0.3) is 0 Å². The Morgan fingerprint density at radius 1 is 1.26 bits per heavy atom. The predicted octanol–water partition coefficient (Wildman–Crippen LogP) is 3.17. The zero-order valence-corrected chi connectivity index (χ0v) is 19.1. The molecule has 1 fully saturated rings. The third-order valence-corrected chi connectivity index (χ3v) is 5.61. The molecule has 0 amide bonds. The Balaban J connectivity index is 1.41. The number of aliphatic imine (C=N–C) groups is 1. The second-order valence-electron chi connectivity index (χ2n) is 7.97. The largest absolute Gasteiger partial charge is 0.497 e. The zero-order chi connectivity index (χ0) is 22.1. The topological polar surface area (TPSA) is 71.0 Å². The second kappa shape index (κ2) is 11.6. The van der Waals surface area contributed by atoms with Crippen LogP contribution in [0.2, 0.25) is 0 Å². The number of guanidine groups is 1. The van der Waals surface area contributed by atoms with Crippen molar-refractivity contribution in [3.05, 3.63) is 53.7 Å². The van der Waals surface area contributed by atoms with Crippen molar-refractivity contribution in [1.29, 1.82) is 0 Å². The van der Waals surface area contributed by atoms with Gasteiger partial charge < -0.3 is 25.0 Å². The average Bonchev–Trinajstić information content (AvgIpc) is 2.81. The summed E-state index contributed by atoms with van der Waals surface area (Å²) in [5.41, 5.74) is 2.44. The van der Waals surface area contributed by atoms with Crippen LogP contribution in [0.4, 0.5) is 5.82 Å². The Morgan fingerprint density at radius 2 is 2.06 bits per heavy atom. The van der Waals surface area contributed by atoms with Gasteiger partial charge in [-0.1, -0.05) is 25.1 Å². The van der Waals surface area contributed by atoms with Gasteiger partial charge in [0, 0.05) is 39.4 Å². The zero-order valence-electron chi connectivity index (χ0n) is 19.1. The number of rotatable bonds is 8. The highest BCUT2D eigenvalue weighted by atomic mass is 16.5. The highest BCUT2D eigenvalue weighted by Gasteiger charge is 2.17. The molecule has 1 aliphatic rings. The molecule has 2 N–H and O–H groups in total. The first-order valence-corrected chi connectivity index (χ1v) is 11.0. The van der Waals surface area contributed by atoms with Crippen molar-refractivity contribution in [2.24, 2.45) is 4.99 Å². The summed E-state index contributed by atoms with van der Waals surface area (Å²) >= 11 is 0. The van der Waals surface area contributed by atoms with Crippen LogP contribution in [0.5, 0.6) is 5.75 Å². The van der Waals surface area contributed by atoms with Crippen molar-refractivity contribution in [2.75, 3.05) is 45.3 Å². The fourth-order valence-corrected chi connectivity index (χ4v) is 3.65. The van der Waals surface area contributed by atoms with Crippen molar-refractivity contribution in [3.8, 4) is 5.75 Å². The van der Waals surface area contributed by atoms with Gasteiger partial charge in [-0.2, -0.15) is 0 Å². The average molecular weight is 426 g/mol. The fourth-order valence-electron chi connectivity index (χ4n) is 3.65. The van der Waals surface area contributed by atoms with E-state index in [1.165, 1.54) is 5.56 Å². The van der Waals surface area contributed by atoms with E-state index in [2.05, 4.69) is 63.6 Å². The molecule has 0 aliphatic carbocycles. The molecule has 7 nitrogen and oxygen atoms in total. The van der Waals surface area contributed by atoms with Crippen molar-refractivity contribution < 1.29 is 9.47 Å². The number of ether oxygens (including phenoxy) is 2. The molecular formula is C24H35N5O2. The fraction of sp³-hybridized carbons (Fsp3) is 0.500. The minimum absolute atomic E-state index is 0.249. The van der Waals surface area contributed by atoms with Gasteiger partial charge in [0.05, 0.1) is 19.8 Å². The van der Waals surface area contributed by atoms with Crippen LogP contribution in [0.1, 0.15) is 37.3 Å². The summed E-state index contributed by atoms with van der Waals surface area (Å²) in [6.07, 6.45) is 3.20. The molecule has 1 aromatic carbocycles. The molecule has 7 heteroatoms. The molecule has 0 saturated carbocycles. The van der Waals surface area contributed by atoms with Gasteiger partial charge in [-0.3, -0.25) is 4.99 Å². The standard InChI is InChI=1S/C24H35N5O2/c1-18(21-6-8-22(30-4)9-7-21)11-12-26-24(25-3)28-16-20-5-10-23(27-15-20)29-13-14-31-19(2)17-29/h5-10,15,18-19H,11-14,16-17H2,1-4H3,(H2,25,26,28). The molecular weight excluding hydrogens is 390 g/mol. The van der Waals surface area contributed by atoms with Crippen LogP contribution < -0.4 is 20.3 Å². The third-order valence-electron chi connectivity index (χ3n) is 5.61. The Kier molecular flexibility index (Phi) is 8.53. The summed E-state index contributed by atoms with van der Waals surface area (Å²) in [5.74, 6) is 3.15. The first kappa shape index (κ1) is 22.9. The summed E-state index contributed by atoms with van der Waals surface area (Å²) in [4.78, 5) is 11.2. The summed E-state index contributed by atoms with van der Waals surface area (Å²) in [6.45, 7) is 8.39. The molecule has 3 rings (SSSR count). The van der Waals surface area contributed by atoms with E-state index in [1.807, 2.05) is 18.3 Å². The molecule has 31 heavy (non-hydrogen) atoms. The maximum atomic E-state index is 5.61. The van der Waals surface area contributed by atoms with Crippen LogP contribution in [0, 0.1) is 0 Å². The number of nitrogens with one attached hydrogen (secondary N) is 2. The number of benzene rings is 1. The summed E-state index contributed by atoms with van der Waals surface area (Å²) in [6, 6.07) is 12.5. The van der Waals surface area contributed by atoms with E-state index in [1.54, 1.807) is 14.2 Å². The van der Waals surface area contributed by atoms with Crippen molar-refractivity contribution in [3.63, 3.8) is 0 Å². The molecule has 2 unspecified atom stereocenters. The van der Waals surface area contributed by atoms with Crippen LogP contribution in [-0.2, 0) is 11.3 Å². The molecule has 0 bridgehead atoms. The molecule has 0 spiro atoms. The highest BCUT2D eigenvalue weighted by Crippen LogP contribution is 2.21. The number of hydrogen-bond acceptors (Lipinski definition) is 5. The Hall–Kier alpha value is -2.80. The van der Waals surface area contributed by atoms with Gasteiger partial charge in [0.2, 0.25) is 0 Å². The quantitative estimate of drug-likeness (QED) is 0.500. The van der Waals surface area contributed by atoms with E-state index in [9.17, 15) is 0 Å². The van der Waals surface area contributed by atoms with Gasteiger partial charge >= 0.3 is 0 Å². The maximum Gasteiger partial charge on any atom is 0.191 e. The second-order valence-corrected chi connectivity index (χ2v) is 7.97. The van der Waals surface area contributed by atoms with E-state index < -0.39 is 0 Å². The van der Waals surface area contributed by atoms with Gasteiger partial charge in [-0.05, 0) is 48.6 Å². The van der Waals surface area contributed by atoms with Gasteiger partial charge in [0.15, 0.2) is 5.96 Å². The molecule has 1 aromatic heterocycles. The van der Waals surface area contributed by atoms with E-state index in [0.29, 0.717) is 12.5 Å². The van der Waals surface area contributed by atoms with Crippen LogP contribution in [0.25, 0.3) is 0 Å². The number of pyridine rings is 1. The van der Waals surface area contributed by atoms with Crippen LogP contribution >= 0.6 is 0 Å². The lowest BCUT2D eigenvalue weighted by Crippen LogP contribution is -2.41. The first-order valence-electron chi connectivity index (χ1n) is 11.0. The molecule has 2 atom stereocenters. The van der Waals surface area contributed by atoms with E-state index in [4.69, 9.17) is 9.47 Å². The lowest BCUT2D eigenvalue weighted by Gasteiger charge is -2.32. The number of anilines is 1. The van der Waals surface area contributed by atoms with Crippen LogP contribution in [0.3, 0.4) is 0 Å². The molecule has 168 valence electrons. The smallest absolute Gasteiger partial charge is 0.191 e. The molecule has 1 saturated heterocycles. The monoisotopic (exact) mass is 425 g/mol. The Labute approximate surface area is 185 Å². The van der Waals surface area contributed by atoms with E-state index in [-0.39, 0.29) is 6.10 Å². The number of morpholine rings is 1. The lowest BCUT2D eigenvalue weighted by molar-refractivity contribution is 0.0529. The summed E-state index contributed by atoms with van der Waals surface area (Å²) < 4.78 is 10.8. The van der Waals surface area contributed by atoms with Crippen molar-refractivity contribution in [2.45, 2.75) is 38.8 Å². The normalized spacial score (nSPS) is 17.9. The predicted molar refractivity (Wildman–Crippen MR) is 126 cm³/mol. The van der Waals surface area contributed by atoms with E-state index >= 15 is 0 Å². The number of hydrogen-bond donors (Lipinski definition) is 2. The lowest BCUT2D eigenvalue weighted by atomic mass is 9.98. The molecule has 2 heterocycles. The number of nitrogens with zero attached hydrogens (tertiary/aromatic N) is 3. The minimum atomic E-state index is 0.249. The molecule has 2 aromatic rings. The van der Waals surface area contributed by atoms with Gasteiger partial charge in [-0.25, -0.2) is 4.98 Å². The summed E-state index contributed by atoms with van der Waals surface area (Å²) in [7, 11) is 3.49. The van der Waals surface area contributed by atoms with Crippen LogP contribution in [-0.4, -0.2) is 57.4 Å². The van der Waals surface area contributed by atoms with E-state index in [0.717, 1.165) is 55.8 Å². The molecule has 0 radical (unpaired) electrons.